The van der Waals surface area contributed by atoms with Crippen molar-refractivity contribution in [2.75, 3.05) is 27.2 Å². The molecule has 0 saturated heterocycles. The molecule has 1 aromatic heterocycles. The molecule has 1 rings (SSSR count). The molecule has 2 N–H and O–H groups in total. The second-order valence-electron chi connectivity index (χ2n) is 3.61. The van der Waals surface area contributed by atoms with E-state index in [-0.39, 0.29) is 4.99 Å². The van der Waals surface area contributed by atoms with Crippen molar-refractivity contribution >= 4 is 17.2 Å². The van der Waals surface area contributed by atoms with Crippen molar-refractivity contribution in [1.29, 1.82) is 0 Å². The second kappa shape index (κ2) is 6.34. The van der Waals surface area contributed by atoms with Crippen molar-refractivity contribution < 1.29 is 4.74 Å². The summed E-state index contributed by atoms with van der Waals surface area (Å²) < 4.78 is 5.41. The summed E-state index contributed by atoms with van der Waals surface area (Å²) in [7, 11) is 4.05. The first-order chi connectivity index (χ1) is 7.59. The summed E-state index contributed by atoms with van der Waals surface area (Å²) in [6, 6.07) is 0. The molecular formula is C10H16N4OS. The van der Waals surface area contributed by atoms with Gasteiger partial charge in [0.15, 0.2) is 0 Å². The van der Waals surface area contributed by atoms with Gasteiger partial charge in [-0.3, -0.25) is 0 Å². The third kappa shape index (κ3) is 4.50. The fraction of sp³-hybridized carbons (Fsp3) is 0.500. The topological polar surface area (TPSA) is 64.3 Å². The second-order valence-corrected chi connectivity index (χ2v) is 4.05. The number of aromatic nitrogens is 2. The van der Waals surface area contributed by atoms with Crippen LogP contribution in [0.3, 0.4) is 0 Å². The van der Waals surface area contributed by atoms with Crippen LogP contribution in [0.25, 0.3) is 0 Å². The van der Waals surface area contributed by atoms with E-state index in [4.69, 9.17) is 22.7 Å². The molecule has 16 heavy (non-hydrogen) atoms. The normalized spacial score (nSPS) is 10.4. The van der Waals surface area contributed by atoms with E-state index >= 15 is 0 Å². The zero-order valence-corrected chi connectivity index (χ0v) is 10.3. The maximum absolute atomic E-state index is 5.41. The Morgan fingerprint density at radius 2 is 2.19 bits per heavy atom. The van der Waals surface area contributed by atoms with E-state index < -0.39 is 0 Å². The molecule has 0 aliphatic carbocycles. The first-order valence-electron chi connectivity index (χ1n) is 4.99. The third-order valence-electron chi connectivity index (χ3n) is 1.88. The lowest BCUT2D eigenvalue weighted by Crippen LogP contribution is -2.16. The van der Waals surface area contributed by atoms with Crippen LogP contribution in [0.1, 0.15) is 12.1 Å². The summed E-state index contributed by atoms with van der Waals surface area (Å²) >= 11 is 4.77. The van der Waals surface area contributed by atoms with Crippen LogP contribution >= 0.6 is 12.2 Å². The van der Waals surface area contributed by atoms with E-state index in [1.807, 2.05) is 14.1 Å². The Morgan fingerprint density at radius 3 is 2.69 bits per heavy atom. The van der Waals surface area contributed by atoms with E-state index in [9.17, 15) is 0 Å². The Morgan fingerprint density at radius 1 is 1.44 bits per heavy atom. The first kappa shape index (κ1) is 12.8. The van der Waals surface area contributed by atoms with Crippen LogP contribution in [0, 0.1) is 0 Å². The first-order valence-corrected chi connectivity index (χ1v) is 5.40. The Kier molecular flexibility index (Phi) is 5.07. The monoisotopic (exact) mass is 240 g/mol. The van der Waals surface area contributed by atoms with Crippen molar-refractivity contribution in [1.82, 2.24) is 14.9 Å². The summed E-state index contributed by atoms with van der Waals surface area (Å²) in [4.78, 5) is 10.4. The Hall–Kier alpha value is -1.27. The zero-order valence-electron chi connectivity index (χ0n) is 9.51. The Labute approximate surface area is 101 Å². The molecule has 88 valence electrons. The largest absolute Gasteiger partial charge is 0.477 e. The van der Waals surface area contributed by atoms with Crippen molar-refractivity contribution in [3.63, 3.8) is 0 Å². The van der Waals surface area contributed by atoms with E-state index in [0.29, 0.717) is 18.2 Å². The van der Waals surface area contributed by atoms with Gasteiger partial charge in [0.1, 0.15) is 10.7 Å². The molecule has 0 atom stereocenters. The highest BCUT2D eigenvalue weighted by Crippen LogP contribution is 2.04. The smallest absolute Gasteiger partial charge is 0.232 e. The molecule has 0 aliphatic rings. The lowest BCUT2D eigenvalue weighted by Gasteiger charge is -2.09. The number of hydrogen-bond donors (Lipinski definition) is 1. The van der Waals surface area contributed by atoms with Gasteiger partial charge in [0, 0.05) is 6.54 Å². The van der Waals surface area contributed by atoms with Gasteiger partial charge < -0.3 is 15.4 Å². The highest BCUT2D eigenvalue weighted by Gasteiger charge is 2.00. The summed E-state index contributed by atoms with van der Waals surface area (Å²) in [5.74, 6) is 0.499. The molecule has 0 unspecified atom stereocenters. The van der Waals surface area contributed by atoms with Gasteiger partial charge in [0.2, 0.25) is 5.88 Å². The van der Waals surface area contributed by atoms with Crippen LogP contribution in [0.15, 0.2) is 12.4 Å². The van der Waals surface area contributed by atoms with E-state index in [1.165, 1.54) is 12.4 Å². The van der Waals surface area contributed by atoms with Gasteiger partial charge in [-0.05, 0) is 20.5 Å². The molecule has 0 saturated carbocycles. The van der Waals surface area contributed by atoms with Crippen LogP contribution < -0.4 is 10.5 Å². The average molecular weight is 240 g/mol. The SMILES string of the molecule is CN(C)CCCOc1cnc(C(N)=S)cn1. The number of ether oxygens (including phenoxy) is 1. The molecule has 0 fully saturated rings. The number of nitrogens with two attached hydrogens (primary N) is 1. The van der Waals surface area contributed by atoms with Gasteiger partial charge in [-0.15, -0.1) is 0 Å². The summed E-state index contributed by atoms with van der Waals surface area (Å²) in [5, 5.41) is 0. The van der Waals surface area contributed by atoms with Gasteiger partial charge in [-0.2, -0.15) is 0 Å². The van der Waals surface area contributed by atoms with E-state index in [0.717, 1.165) is 13.0 Å². The van der Waals surface area contributed by atoms with Crippen LogP contribution in [0.2, 0.25) is 0 Å². The molecule has 0 bridgehead atoms. The molecule has 5 nitrogen and oxygen atoms in total. The van der Waals surface area contributed by atoms with Gasteiger partial charge in [0.05, 0.1) is 19.0 Å². The average Bonchev–Trinajstić information content (AvgIpc) is 2.25. The van der Waals surface area contributed by atoms with E-state index in [1.54, 1.807) is 0 Å². The maximum Gasteiger partial charge on any atom is 0.232 e. The summed E-state index contributed by atoms with van der Waals surface area (Å²) in [6.45, 7) is 1.61. The fourth-order valence-corrected chi connectivity index (χ4v) is 1.18. The van der Waals surface area contributed by atoms with Crippen molar-refractivity contribution in [2.45, 2.75) is 6.42 Å². The van der Waals surface area contributed by atoms with Crippen molar-refractivity contribution in [3.8, 4) is 5.88 Å². The summed E-state index contributed by atoms with van der Waals surface area (Å²) in [5.41, 5.74) is 5.91. The van der Waals surface area contributed by atoms with E-state index in [2.05, 4.69) is 14.9 Å². The lowest BCUT2D eigenvalue weighted by molar-refractivity contribution is 0.272. The standard InChI is InChI=1S/C10H16N4OS/c1-14(2)4-3-5-15-9-7-12-8(6-13-9)10(11)16/h6-7H,3-5H2,1-2H3,(H2,11,16). The van der Waals surface area contributed by atoms with Gasteiger partial charge in [-0.25, -0.2) is 9.97 Å². The van der Waals surface area contributed by atoms with Crippen LogP contribution in [0.5, 0.6) is 5.88 Å². The molecule has 1 heterocycles. The molecule has 6 heteroatoms. The zero-order chi connectivity index (χ0) is 12.0. The minimum absolute atomic E-state index is 0.242. The fourth-order valence-electron chi connectivity index (χ4n) is 1.08. The molecular weight excluding hydrogens is 224 g/mol. The molecule has 0 aromatic carbocycles. The quantitative estimate of drug-likeness (QED) is 0.575. The predicted octanol–water partition coefficient (Wildman–Crippen LogP) is 0.441. The molecule has 0 aliphatic heterocycles. The third-order valence-corrected chi connectivity index (χ3v) is 2.09. The minimum Gasteiger partial charge on any atom is -0.477 e. The number of thiocarbonyl (C=S) groups is 1. The molecule has 1 aromatic rings. The Balaban J connectivity index is 2.35. The molecule has 0 radical (unpaired) electrons. The minimum atomic E-state index is 0.242. The van der Waals surface area contributed by atoms with Crippen LogP contribution in [-0.2, 0) is 0 Å². The van der Waals surface area contributed by atoms with Gasteiger partial charge >= 0.3 is 0 Å². The number of rotatable bonds is 6. The summed E-state index contributed by atoms with van der Waals surface area (Å²) in [6.07, 6.45) is 4.00. The number of nitrogens with zero attached hydrogens (tertiary/aromatic N) is 3. The number of hydrogen-bond acceptors (Lipinski definition) is 5. The van der Waals surface area contributed by atoms with Crippen LogP contribution in [0.4, 0.5) is 0 Å². The predicted molar refractivity (Wildman–Crippen MR) is 66.6 cm³/mol. The Bertz CT molecular complexity index is 339. The highest BCUT2D eigenvalue weighted by atomic mass is 32.1. The van der Waals surface area contributed by atoms with Crippen molar-refractivity contribution in [2.24, 2.45) is 5.73 Å². The van der Waals surface area contributed by atoms with Gasteiger partial charge in [0.25, 0.3) is 0 Å². The van der Waals surface area contributed by atoms with Crippen LogP contribution in [-0.4, -0.2) is 47.1 Å². The maximum atomic E-state index is 5.41. The highest BCUT2D eigenvalue weighted by molar-refractivity contribution is 7.80. The molecule has 0 amide bonds. The molecule has 0 spiro atoms. The van der Waals surface area contributed by atoms with Gasteiger partial charge in [-0.1, -0.05) is 12.2 Å². The van der Waals surface area contributed by atoms with Crippen molar-refractivity contribution in [3.05, 3.63) is 18.1 Å². The lowest BCUT2D eigenvalue weighted by atomic mass is 10.4.